The summed E-state index contributed by atoms with van der Waals surface area (Å²) in [4.78, 5) is 0. The average molecular weight is 149 g/mol. The molecule has 31 valence electrons. The van der Waals surface area contributed by atoms with Crippen LogP contribution in [-0.4, -0.2) is 14.1 Å². The molecule has 2 heteroatoms. The minimum absolute atomic E-state index is 0. The third kappa shape index (κ3) is 42.0. The Morgan fingerprint density at radius 3 is 1.20 bits per heavy atom. The molecule has 0 aliphatic heterocycles. The van der Waals surface area contributed by atoms with Crippen molar-refractivity contribution in [2.75, 3.05) is 14.1 Å². The molecule has 0 amide bonds. The second-order valence-electron chi connectivity index (χ2n) is 0.447. The molecule has 0 N–H and O–H groups in total. The second-order valence-corrected chi connectivity index (χ2v) is 0.447. The first-order valence-corrected chi connectivity index (χ1v) is 0.894. The van der Waals surface area contributed by atoms with E-state index in [9.17, 15) is 0 Å². The molecule has 0 rings (SSSR count). The molecule has 0 unspecified atom stereocenters. The molecule has 0 aromatic heterocycles. The van der Waals surface area contributed by atoms with Gasteiger partial charge in [-0.25, -0.2) is 0 Å². The second kappa shape index (κ2) is 19.6. The minimum Gasteiger partial charge on any atom is -0.668 e. The van der Waals surface area contributed by atoms with E-state index in [-0.39, 0.29) is 40.1 Å². The molecule has 5 heavy (non-hydrogen) atoms. The van der Waals surface area contributed by atoms with E-state index in [0.29, 0.717) is 0 Å². The van der Waals surface area contributed by atoms with Crippen molar-refractivity contribution in [3.63, 3.8) is 0 Å². The van der Waals surface area contributed by atoms with Gasteiger partial charge in [0.1, 0.15) is 0 Å². The van der Waals surface area contributed by atoms with E-state index >= 15 is 0 Å². The number of nitrogens with zero attached hydrogens (tertiary/aromatic N) is 1. The van der Waals surface area contributed by atoms with Crippen LogP contribution >= 0.6 is 0 Å². The van der Waals surface area contributed by atoms with Gasteiger partial charge in [-0.2, -0.15) is 14.1 Å². The van der Waals surface area contributed by atoms with Gasteiger partial charge in [0.15, 0.2) is 0 Å². The normalized spacial score (nSPS) is 3.60. The molecule has 0 saturated carbocycles. The van der Waals surface area contributed by atoms with E-state index < -0.39 is 0 Å². The molecule has 1 nitrogen and oxygen atoms in total. The van der Waals surface area contributed by atoms with Gasteiger partial charge in [0.25, 0.3) is 0 Å². The summed E-state index contributed by atoms with van der Waals surface area (Å²) in [6, 6.07) is 0. The Kier molecular flexibility index (Phi) is 65.0. The molecule has 0 heterocycles. The first kappa shape index (κ1) is 16.6. The monoisotopic (exact) mass is 149 g/mol. The van der Waals surface area contributed by atoms with Gasteiger partial charge in [0.2, 0.25) is 0 Å². The fraction of sp³-hybridized carbons (Fsp3) is 1.00. The van der Waals surface area contributed by atoms with Gasteiger partial charge in [-0.05, 0) is 0 Å². The third-order valence-electron chi connectivity index (χ3n) is 0. The maximum atomic E-state index is 3.50. The molecule has 0 bridgehead atoms. The first-order chi connectivity index (χ1) is 1.41. The van der Waals surface area contributed by atoms with E-state index in [4.69, 9.17) is 0 Å². The Labute approximate surface area is 59.4 Å². The largest absolute Gasteiger partial charge is 0.668 e. The van der Waals surface area contributed by atoms with E-state index in [0.717, 1.165) is 0 Å². The van der Waals surface area contributed by atoms with Crippen molar-refractivity contribution >= 4 is 0 Å². The summed E-state index contributed by atoms with van der Waals surface area (Å²) >= 11 is 0. The summed E-state index contributed by atoms with van der Waals surface area (Å²) in [5.74, 6) is 0. The van der Waals surface area contributed by atoms with Crippen LogP contribution in [0.2, 0.25) is 0 Å². The van der Waals surface area contributed by atoms with Crippen molar-refractivity contribution in [2.45, 2.75) is 7.43 Å². The summed E-state index contributed by atoms with van der Waals surface area (Å²) in [5.41, 5.74) is 0. The van der Waals surface area contributed by atoms with Crippen LogP contribution in [0.5, 0.6) is 0 Å². The molecular weight excluding hydrogens is 139 g/mol. The van der Waals surface area contributed by atoms with Crippen molar-refractivity contribution in [1.82, 2.24) is 0 Å². The molecule has 0 aromatic rings. The number of rotatable bonds is 0. The third-order valence-corrected chi connectivity index (χ3v) is 0. The molecule has 0 spiro atoms. The SMILES string of the molecule is C.C[N-]C.[Y]. The molecule has 0 aliphatic rings. The van der Waals surface area contributed by atoms with Crippen molar-refractivity contribution in [2.24, 2.45) is 0 Å². The van der Waals surface area contributed by atoms with Crippen molar-refractivity contribution in [1.29, 1.82) is 0 Å². The predicted octanol–water partition coefficient (Wildman–Crippen LogP) is 1.25. The van der Waals surface area contributed by atoms with Gasteiger partial charge in [-0.15, -0.1) is 0 Å². The van der Waals surface area contributed by atoms with Gasteiger partial charge >= 0.3 is 0 Å². The van der Waals surface area contributed by atoms with Crippen LogP contribution in [0, 0.1) is 0 Å². The standard InChI is InChI=1S/C2H6N.CH4.Y/c1-3-2;;/h1-2H3;1H4;/q-1;;. The first-order valence-electron chi connectivity index (χ1n) is 0.894. The molecule has 0 aliphatic carbocycles. The predicted molar refractivity (Wildman–Crippen MR) is 21.9 cm³/mol. The van der Waals surface area contributed by atoms with Crippen molar-refractivity contribution in [3.05, 3.63) is 5.32 Å². The van der Waals surface area contributed by atoms with Crippen LogP contribution in [-0.2, 0) is 32.7 Å². The summed E-state index contributed by atoms with van der Waals surface area (Å²) in [5, 5.41) is 3.50. The van der Waals surface area contributed by atoms with Crippen LogP contribution in [0.15, 0.2) is 0 Å². The van der Waals surface area contributed by atoms with E-state index in [2.05, 4.69) is 5.32 Å². The maximum absolute atomic E-state index is 3.50. The van der Waals surface area contributed by atoms with Crippen LogP contribution in [0.4, 0.5) is 0 Å². The van der Waals surface area contributed by atoms with Crippen LogP contribution in [0.3, 0.4) is 0 Å². The molecule has 0 saturated heterocycles. The summed E-state index contributed by atoms with van der Waals surface area (Å²) in [6.07, 6.45) is 0. The number of hydrogen-bond donors (Lipinski definition) is 0. The average Bonchev–Trinajstić information content (AvgIpc) is 0.918. The molecule has 0 fully saturated rings. The zero-order valence-electron chi connectivity index (χ0n) is 3.02. The van der Waals surface area contributed by atoms with Crippen LogP contribution < -0.4 is 0 Å². The number of hydrogen-bond acceptors (Lipinski definition) is 0. The van der Waals surface area contributed by atoms with Gasteiger partial charge in [0, 0.05) is 32.7 Å². The zero-order chi connectivity index (χ0) is 2.71. The molecule has 0 atom stereocenters. The Balaban J connectivity index is -0.0000000200. The Bertz CT molecular complexity index is 6.85. The molecule has 0 aromatic carbocycles. The fourth-order valence-electron chi connectivity index (χ4n) is 0. The smallest absolute Gasteiger partial charge is 0 e. The van der Waals surface area contributed by atoms with Gasteiger partial charge in [-0.3, -0.25) is 0 Å². The summed E-state index contributed by atoms with van der Waals surface area (Å²) in [7, 11) is 3.50. The Hall–Kier alpha value is 1.06. The van der Waals surface area contributed by atoms with E-state index in [1.807, 2.05) is 0 Å². The van der Waals surface area contributed by atoms with Gasteiger partial charge in [0.05, 0.1) is 0 Å². The van der Waals surface area contributed by atoms with Crippen molar-refractivity contribution in [3.8, 4) is 0 Å². The summed E-state index contributed by atoms with van der Waals surface area (Å²) < 4.78 is 0. The molecule has 1 radical (unpaired) electrons. The zero-order valence-corrected chi connectivity index (χ0v) is 5.86. The fourth-order valence-corrected chi connectivity index (χ4v) is 0. The Morgan fingerprint density at radius 2 is 1.20 bits per heavy atom. The van der Waals surface area contributed by atoms with Crippen LogP contribution in [0.1, 0.15) is 7.43 Å². The summed E-state index contributed by atoms with van der Waals surface area (Å²) in [6.45, 7) is 0. The Morgan fingerprint density at radius 1 is 1.20 bits per heavy atom. The minimum atomic E-state index is 0. The van der Waals surface area contributed by atoms with Gasteiger partial charge in [-0.1, -0.05) is 7.43 Å². The van der Waals surface area contributed by atoms with E-state index in [1.54, 1.807) is 14.1 Å². The van der Waals surface area contributed by atoms with Crippen molar-refractivity contribution < 1.29 is 32.7 Å². The quantitative estimate of drug-likeness (QED) is 0.492. The van der Waals surface area contributed by atoms with E-state index in [1.165, 1.54) is 0 Å². The van der Waals surface area contributed by atoms with Gasteiger partial charge < -0.3 is 5.32 Å². The topological polar surface area (TPSA) is 14.1 Å². The maximum Gasteiger partial charge on any atom is 0 e. The van der Waals surface area contributed by atoms with Crippen LogP contribution in [0.25, 0.3) is 5.32 Å². The molecular formula is C3H10NY-.